The van der Waals surface area contributed by atoms with Gasteiger partial charge in [-0.2, -0.15) is 0 Å². The maximum atomic E-state index is 11.3. The van der Waals surface area contributed by atoms with Crippen LogP contribution >= 0.6 is 0 Å². The van der Waals surface area contributed by atoms with Gasteiger partial charge in [0.2, 0.25) is 0 Å². The van der Waals surface area contributed by atoms with Gasteiger partial charge in [0.05, 0.1) is 6.61 Å². The van der Waals surface area contributed by atoms with Crippen LogP contribution in [-0.2, 0) is 0 Å². The summed E-state index contributed by atoms with van der Waals surface area (Å²) in [7, 11) is 0. The molecule has 1 aromatic heterocycles. The summed E-state index contributed by atoms with van der Waals surface area (Å²) >= 11 is 0. The molecule has 0 aliphatic carbocycles. The lowest BCUT2D eigenvalue weighted by atomic mass is 10.2. The molecule has 0 aliphatic rings. The van der Waals surface area contributed by atoms with Crippen LogP contribution in [0.15, 0.2) is 33.5 Å². The summed E-state index contributed by atoms with van der Waals surface area (Å²) in [5, 5.41) is 9.48. The van der Waals surface area contributed by atoms with E-state index in [1.165, 1.54) is 0 Å². The predicted molar refractivity (Wildman–Crippen MR) is 59.8 cm³/mol. The molecule has 0 bridgehead atoms. The van der Waals surface area contributed by atoms with Gasteiger partial charge in [-0.25, -0.2) is 4.79 Å². The summed E-state index contributed by atoms with van der Waals surface area (Å²) in [5.41, 5.74) is 0.731. The highest BCUT2D eigenvalue weighted by atomic mass is 16.5. The number of rotatable bonds is 3. The van der Waals surface area contributed by atoms with Crippen molar-refractivity contribution in [2.24, 2.45) is 0 Å². The molecule has 2 rings (SSSR count). The second-order valence-corrected chi connectivity index (χ2v) is 3.49. The number of benzene rings is 1. The minimum atomic E-state index is -0.341. The number of hydrogen-bond donors (Lipinski definition) is 1. The Bertz CT molecular complexity index is 556. The van der Waals surface area contributed by atoms with E-state index < -0.39 is 0 Å². The van der Waals surface area contributed by atoms with Gasteiger partial charge in [0, 0.05) is 17.0 Å². The standard InChI is InChI=1S/C12H12O4/c1-8-6-9-2-3-10(15-5-4-13)7-11(9)16-12(8)14/h2-3,6-7,13H,4-5H2,1H3. The monoisotopic (exact) mass is 220 g/mol. The van der Waals surface area contributed by atoms with Crippen molar-refractivity contribution in [3.8, 4) is 5.75 Å². The minimum Gasteiger partial charge on any atom is -0.491 e. The van der Waals surface area contributed by atoms with Crippen molar-refractivity contribution in [2.75, 3.05) is 13.2 Å². The zero-order valence-corrected chi connectivity index (χ0v) is 8.90. The molecule has 0 amide bonds. The SMILES string of the molecule is Cc1cc2ccc(OCCO)cc2oc1=O. The topological polar surface area (TPSA) is 59.7 Å². The molecule has 0 aliphatic heterocycles. The molecule has 2 aromatic rings. The van der Waals surface area contributed by atoms with Crippen molar-refractivity contribution in [3.63, 3.8) is 0 Å². The lowest BCUT2D eigenvalue weighted by Crippen LogP contribution is -2.03. The third-order valence-corrected chi connectivity index (χ3v) is 2.24. The molecule has 4 heteroatoms. The first-order valence-corrected chi connectivity index (χ1v) is 4.99. The molecule has 0 unspecified atom stereocenters. The molecule has 0 radical (unpaired) electrons. The molecule has 1 heterocycles. The smallest absolute Gasteiger partial charge is 0.339 e. The lowest BCUT2D eigenvalue weighted by molar-refractivity contribution is 0.201. The Kier molecular flexibility index (Phi) is 2.92. The Morgan fingerprint density at radius 3 is 2.94 bits per heavy atom. The molecule has 1 aromatic carbocycles. The van der Waals surface area contributed by atoms with Crippen molar-refractivity contribution in [1.29, 1.82) is 0 Å². The van der Waals surface area contributed by atoms with E-state index in [1.807, 2.05) is 6.07 Å². The normalized spacial score (nSPS) is 10.6. The van der Waals surface area contributed by atoms with E-state index >= 15 is 0 Å². The maximum absolute atomic E-state index is 11.3. The van der Waals surface area contributed by atoms with Crippen LogP contribution in [-0.4, -0.2) is 18.3 Å². The summed E-state index contributed by atoms with van der Waals surface area (Å²) in [6.45, 7) is 1.89. The zero-order valence-electron chi connectivity index (χ0n) is 8.90. The Hall–Kier alpha value is -1.81. The van der Waals surface area contributed by atoms with Crippen molar-refractivity contribution in [1.82, 2.24) is 0 Å². The van der Waals surface area contributed by atoms with E-state index in [1.54, 1.807) is 25.1 Å². The molecular weight excluding hydrogens is 208 g/mol. The van der Waals surface area contributed by atoms with Gasteiger partial charge in [-0.05, 0) is 25.1 Å². The quantitative estimate of drug-likeness (QED) is 0.796. The summed E-state index contributed by atoms with van der Waals surface area (Å²) in [6, 6.07) is 7.01. The van der Waals surface area contributed by atoms with Crippen LogP contribution in [0.2, 0.25) is 0 Å². The fraction of sp³-hybridized carbons (Fsp3) is 0.250. The van der Waals surface area contributed by atoms with Gasteiger partial charge >= 0.3 is 5.63 Å². The number of ether oxygens (including phenoxy) is 1. The van der Waals surface area contributed by atoms with Gasteiger partial charge in [-0.15, -0.1) is 0 Å². The minimum absolute atomic E-state index is 0.0458. The number of fused-ring (bicyclic) bond motifs is 1. The highest BCUT2D eigenvalue weighted by Gasteiger charge is 2.02. The second-order valence-electron chi connectivity index (χ2n) is 3.49. The number of hydrogen-bond acceptors (Lipinski definition) is 4. The molecule has 0 spiro atoms. The van der Waals surface area contributed by atoms with Gasteiger partial charge in [-0.1, -0.05) is 0 Å². The highest BCUT2D eigenvalue weighted by molar-refractivity contribution is 5.78. The van der Waals surface area contributed by atoms with Crippen LogP contribution in [0.5, 0.6) is 5.75 Å². The number of aryl methyl sites for hydroxylation is 1. The van der Waals surface area contributed by atoms with E-state index in [9.17, 15) is 4.79 Å². The van der Waals surface area contributed by atoms with Gasteiger partial charge in [0.1, 0.15) is 17.9 Å². The third kappa shape index (κ3) is 2.06. The summed E-state index contributed by atoms with van der Waals surface area (Å²) < 4.78 is 10.3. The van der Waals surface area contributed by atoms with E-state index in [4.69, 9.17) is 14.3 Å². The van der Waals surface area contributed by atoms with Crippen LogP contribution in [0.3, 0.4) is 0 Å². The van der Waals surface area contributed by atoms with Crippen LogP contribution < -0.4 is 10.4 Å². The molecule has 0 fully saturated rings. The van der Waals surface area contributed by atoms with E-state index in [-0.39, 0.29) is 18.8 Å². The van der Waals surface area contributed by atoms with Crippen LogP contribution in [0.4, 0.5) is 0 Å². The van der Waals surface area contributed by atoms with E-state index in [0.29, 0.717) is 16.9 Å². The molecule has 16 heavy (non-hydrogen) atoms. The first-order chi connectivity index (χ1) is 7.70. The van der Waals surface area contributed by atoms with Gasteiger partial charge in [0.25, 0.3) is 0 Å². The molecule has 1 N–H and O–H groups in total. The number of aliphatic hydroxyl groups is 1. The molecule has 0 saturated carbocycles. The van der Waals surface area contributed by atoms with Crippen molar-refractivity contribution >= 4 is 11.0 Å². The highest BCUT2D eigenvalue weighted by Crippen LogP contribution is 2.20. The van der Waals surface area contributed by atoms with Crippen molar-refractivity contribution in [2.45, 2.75) is 6.92 Å². The first kappa shape index (κ1) is 10.7. The van der Waals surface area contributed by atoms with Crippen LogP contribution in [0.1, 0.15) is 5.56 Å². The molecule has 0 atom stereocenters. The molecule has 84 valence electrons. The largest absolute Gasteiger partial charge is 0.491 e. The average molecular weight is 220 g/mol. The Morgan fingerprint density at radius 1 is 1.38 bits per heavy atom. The Morgan fingerprint density at radius 2 is 2.19 bits per heavy atom. The van der Waals surface area contributed by atoms with Crippen LogP contribution in [0, 0.1) is 6.92 Å². The fourth-order valence-electron chi connectivity index (χ4n) is 1.45. The Labute approximate surface area is 92.1 Å². The molecular formula is C12H12O4. The van der Waals surface area contributed by atoms with Crippen molar-refractivity contribution in [3.05, 3.63) is 40.2 Å². The second kappa shape index (κ2) is 4.37. The Balaban J connectivity index is 2.45. The number of aliphatic hydroxyl groups excluding tert-OH is 1. The maximum Gasteiger partial charge on any atom is 0.339 e. The fourth-order valence-corrected chi connectivity index (χ4v) is 1.45. The van der Waals surface area contributed by atoms with Gasteiger partial charge < -0.3 is 14.3 Å². The summed E-state index contributed by atoms with van der Waals surface area (Å²) in [4.78, 5) is 11.3. The van der Waals surface area contributed by atoms with Crippen molar-refractivity contribution < 1.29 is 14.3 Å². The zero-order chi connectivity index (χ0) is 11.5. The molecule has 0 saturated heterocycles. The molecule has 4 nitrogen and oxygen atoms in total. The van der Waals surface area contributed by atoms with Gasteiger partial charge in [-0.3, -0.25) is 0 Å². The summed E-state index contributed by atoms with van der Waals surface area (Å²) in [6.07, 6.45) is 0. The average Bonchev–Trinajstić information content (AvgIpc) is 2.28. The van der Waals surface area contributed by atoms with Gasteiger partial charge in [0.15, 0.2) is 0 Å². The predicted octanol–water partition coefficient (Wildman–Crippen LogP) is 1.47. The summed E-state index contributed by atoms with van der Waals surface area (Å²) in [5.74, 6) is 0.577. The first-order valence-electron chi connectivity index (χ1n) is 4.99. The van der Waals surface area contributed by atoms with Crippen LogP contribution in [0.25, 0.3) is 11.0 Å². The van der Waals surface area contributed by atoms with E-state index in [2.05, 4.69) is 0 Å². The third-order valence-electron chi connectivity index (χ3n) is 2.24. The van der Waals surface area contributed by atoms with E-state index in [0.717, 1.165) is 5.39 Å². The lowest BCUT2D eigenvalue weighted by Gasteiger charge is -2.04.